The molecular weight excluding hydrogens is 653 g/mol. The Morgan fingerprint density at radius 3 is 1.96 bits per heavy atom. The Bertz CT molecular complexity index is 1460. The number of aromatic nitrogens is 3. The number of β-amino-alcohol motifs (C(OH)–C–C–N with tert-alkyl or cyclic N) is 1. The molecule has 0 saturated carbocycles. The van der Waals surface area contributed by atoms with Crippen molar-refractivity contribution in [1.29, 1.82) is 0 Å². The van der Waals surface area contributed by atoms with Gasteiger partial charge in [-0.2, -0.15) is 0 Å². The predicted octanol–water partition coefficient (Wildman–Crippen LogP) is 3.28. The number of halogens is 1. The Hall–Kier alpha value is -4.42. The monoisotopic (exact) mass is 701 g/mol. The molecule has 3 fully saturated rings. The highest BCUT2D eigenvalue weighted by atomic mass is 19.1. The molecule has 17 heteroatoms. The summed E-state index contributed by atoms with van der Waals surface area (Å²) in [6.07, 6.45) is 7.83. The van der Waals surface area contributed by atoms with Gasteiger partial charge < -0.3 is 56.8 Å². The fourth-order valence-electron chi connectivity index (χ4n) is 5.93. The summed E-state index contributed by atoms with van der Waals surface area (Å²) in [6, 6.07) is 9.90. The summed E-state index contributed by atoms with van der Waals surface area (Å²) in [6.45, 7) is 8.67. The average Bonchev–Trinajstić information content (AvgIpc) is 3.06. The second-order valence-electron chi connectivity index (χ2n) is 12.7. The number of nitrogens with two attached hydrogens (primary N) is 1. The lowest BCUT2D eigenvalue weighted by Crippen LogP contribution is -2.42. The Labute approximate surface area is 290 Å². The zero-order valence-electron chi connectivity index (χ0n) is 28.5. The molecule has 7 N–H and O–H groups in total. The van der Waals surface area contributed by atoms with Crippen molar-refractivity contribution in [3.05, 3.63) is 86.6 Å². The van der Waals surface area contributed by atoms with Crippen LogP contribution in [0.1, 0.15) is 64.5 Å². The maximum atomic E-state index is 12.1. The van der Waals surface area contributed by atoms with E-state index < -0.39 is 15.7 Å². The minimum Gasteiger partial charge on any atom is -0.393 e. The number of rotatable bonds is 4. The topological polar surface area (TPSA) is 239 Å². The number of nitrogen functional groups attached to an aromatic ring is 1. The van der Waals surface area contributed by atoms with Crippen molar-refractivity contribution < 1.29 is 29.6 Å². The number of nitrogens with one attached hydrogen (secondary N) is 2. The van der Waals surface area contributed by atoms with E-state index >= 15 is 0 Å². The first-order valence-corrected chi connectivity index (χ1v) is 16.6. The fourth-order valence-corrected chi connectivity index (χ4v) is 5.93. The van der Waals surface area contributed by atoms with Gasteiger partial charge in [-0.15, -0.1) is 0 Å². The van der Waals surface area contributed by atoms with Crippen molar-refractivity contribution in [2.75, 3.05) is 30.3 Å². The number of anilines is 2. The molecule has 0 aromatic carbocycles. The second kappa shape index (κ2) is 19.7. The number of piperidine rings is 3. The molecule has 0 bridgehead atoms. The van der Waals surface area contributed by atoms with Crippen LogP contribution in [0.2, 0.25) is 0 Å². The van der Waals surface area contributed by atoms with E-state index in [1.807, 2.05) is 19.1 Å². The van der Waals surface area contributed by atoms with Crippen molar-refractivity contribution >= 4 is 23.1 Å². The van der Waals surface area contributed by atoms with E-state index in [0.29, 0.717) is 24.4 Å². The van der Waals surface area contributed by atoms with E-state index in [-0.39, 0.29) is 41.9 Å². The van der Waals surface area contributed by atoms with Gasteiger partial charge in [0.05, 0.1) is 30.2 Å². The number of aliphatic hydroxyl groups is 3. The molecule has 3 aliphatic rings. The van der Waals surface area contributed by atoms with Crippen LogP contribution in [0, 0.1) is 32.0 Å². The Morgan fingerprint density at radius 1 is 0.820 bits per heavy atom. The SMILES string of the molecule is CC1CC(O)CCN1.CC1CC(O)CCN1c1ccc(N)nc1.CC1CC(O)CNC1c1ccc([N+](=O)[O-])nc1.O=[N+]([O-])c1ccc(F)cn1. The molecule has 3 aromatic heterocycles. The smallest absolute Gasteiger partial charge is 0.363 e. The molecule has 16 nitrogen and oxygen atoms in total. The lowest BCUT2D eigenvalue weighted by molar-refractivity contribution is -0.389. The molecule has 0 spiro atoms. The molecule has 7 unspecified atom stereocenters. The van der Waals surface area contributed by atoms with Gasteiger partial charge in [0.1, 0.15) is 12.0 Å². The Morgan fingerprint density at radius 2 is 1.48 bits per heavy atom. The second-order valence-corrected chi connectivity index (χ2v) is 12.7. The van der Waals surface area contributed by atoms with Crippen LogP contribution in [0.15, 0.2) is 55.0 Å². The number of nitro groups is 2. The van der Waals surface area contributed by atoms with Gasteiger partial charge in [0.15, 0.2) is 12.0 Å². The molecular formula is C33H48FN9O7. The largest absolute Gasteiger partial charge is 0.393 e. The van der Waals surface area contributed by atoms with E-state index in [0.717, 1.165) is 74.8 Å². The van der Waals surface area contributed by atoms with Gasteiger partial charge in [-0.25, -0.2) is 9.37 Å². The summed E-state index contributed by atoms with van der Waals surface area (Å²) < 4.78 is 12.1. The standard InChI is InChI=1S/C11H15N3O3.C11H17N3O.C6H13NO.C5H3FN2O2/c1-7-4-9(15)6-13-11(7)8-2-3-10(12-5-8)14(16)17;1-8-6-10(15)4-5-14(8)9-2-3-11(12)13-7-9;1-5-4-6(8)2-3-7-5;6-4-1-2-5(7-3-4)8(9)10/h2-3,5,7,9,11,13,15H,4,6H2,1H3;2-3,7-8,10,15H,4-6H2,1H3,(H2,12,13);5-8H,2-4H2,1H3;1-3H. The number of pyridine rings is 3. The van der Waals surface area contributed by atoms with Crippen LogP contribution in [-0.4, -0.2) is 90.1 Å². The highest BCUT2D eigenvalue weighted by Crippen LogP contribution is 2.29. The summed E-state index contributed by atoms with van der Waals surface area (Å²) in [7, 11) is 0. The van der Waals surface area contributed by atoms with Crippen LogP contribution in [0.3, 0.4) is 0 Å². The lowest BCUT2D eigenvalue weighted by Gasteiger charge is -2.37. The molecule has 3 aliphatic heterocycles. The van der Waals surface area contributed by atoms with Gasteiger partial charge in [0.25, 0.3) is 0 Å². The highest BCUT2D eigenvalue weighted by Gasteiger charge is 2.28. The summed E-state index contributed by atoms with van der Waals surface area (Å²) in [5.74, 6) is -0.241. The van der Waals surface area contributed by atoms with E-state index in [2.05, 4.69) is 44.3 Å². The van der Waals surface area contributed by atoms with Crippen molar-refractivity contribution in [2.24, 2.45) is 5.92 Å². The first-order chi connectivity index (χ1) is 23.7. The van der Waals surface area contributed by atoms with E-state index in [9.17, 15) is 34.8 Å². The highest BCUT2D eigenvalue weighted by molar-refractivity contribution is 5.49. The van der Waals surface area contributed by atoms with Crippen LogP contribution < -0.4 is 21.3 Å². The molecule has 3 aromatic rings. The van der Waals surface area contributed by atoms with Crippen LogP contribution in [0.25, 0.3) is 0 Å². The van der Waals surface area contributed by atoms with Crippen molar-refractivity contribution in [1.82, 2.24) is 25.6 Å². The third kappa shape index (κ3) is 13.1. The molecule has 0 aliphatic carbocycles. The van der Waals surface area contributed by atoms with Crippen LogP contribution in [0.4, 0.5) is 27.5 Å². The zero-order chi connectivity index (χ0) is 36.8. The lowest BCUT2D eigenvalue weighted by atomic mass is 9.87. The maximum absolute atomic E-state index is 12.1. The predicted molar refractivity (Wildman–Crippen MR) is 186 cm³/mol. The quantitative estimate of drug-likeness (QED) is 0.169. The van der Waals surface area contributed by atoms with Gasteiger partial charge >= 0.3 is 11.6 Å². The number of aliphatic hydroxyl groups excluding tert-OH is 3. The molecule has 50 heavy (non-hydrogen) atoms. The average molecular weight is 702 g/mol. The van der Waals surface area contributed by atoms with Crippen LogP contribution in [0.5, 0.6) is 0 Å². The Balaban J connectivity index is 0.000000188. The molecule has 0 amide bonds. The summed E-state index contributed by atoms with van der Waals surface area (Å²) in [5.41, 5.74) is 7.56. The number of nitrogens with zero attached hydrogens (tertiary/aromatic N) is 6. The van der Waals surface area contributed by atoms with Crippen molar-refractivity contribution in [2.45, 2.75) is 89.3 Å². The molecule has 6 heterocycles. The fraction of sp³-hybridized carbons (Fsp3) is 0.545. The summed E-state index contributed by atoms with van der Waals surface area (Å²) >= 11 is 0. The number of hydrogen-bond donors (Lipinski definition) is 6. The van der Waals surface area contributed by atoms with Gasteiger partial charge in [-0.3, -0.25) is 0 Å². The first kappa shape index (κ1) is 40.0. The van der Waals surface area contributed by atoms with E-state index in [1.165, 1.54) is 12.3 Å². The summed E-state index contributed by atoms with van der Waals surface area (Å²) in [4.78, 5) is 32.6. The summed E-state index contributed by atoms with van der Waals surface area (Å²) in [5, 5.41) is 55.0. The van der Waals surface area contributed by atoms with Gasteiger partial charge in [0.2, 0.25) is 0 Å². The van der Waals surface area contributed by atoms with E-state index in [4.69, 9.17) is 10.8 Å². The molecule has 7 atom stereocenters. The van der Waals surface area contributed by atoms with Crippen molar-refractivity contribution in [3.8, 4) is 0 Å². The van der Waals surface area contributed by atoms with Crippen LogP contribution >= 0.6 is 0 Å². The van der Waals surface area contributed by atoms with Gasteiger partial charge in [-0.1, -0.05) is 6.92 Å². The third-order valence-corrected chi connectivity index (χ3v) is 8.55. The van der Waals surface area contributed by atoms with Crippen molar-refractivity contribution in [3.63, 3.8) is 0 Å². The molecule has 3 saturated heterocycles. The minimum absolute atomic E-state index is 0.0498. The first-order valence-electron chi connectivity index (χ1n) is 16.6. The number of hydrogen-bond acceptors (Lipinski definition) is 14. The minimum atomic E-state index is -0.681. The molecule has 6 rings (SSSR count). The normalized spacial score (nSPS) is 26.1. The van der Waals surface area contributed by atoms with Gasteiger partial charge in [-0.05, 0) is 102 Å². The molecule has 0 radical (unpaired) electrons. The van der Waals surface area contributed by atoms with E-state index in [1.54, 1.807) is 12.3 Å². The van der Waals surface area contributed by atoms with Gasteiger partial charge in [0, 0.05) is 48.9 Å². The third-order valence-electron chi connectivity index (χ3n) is 8.55. The zero-order valence-corrected chi connectivity index (χ0v) is 28.5. The molecule has 274 valence electrons. The Kier molecular flexibility index (Phi) is 15.8. The van der Waals surface area contributed by atoms with Crippen LogP contribution in [-0.2, 0) is 0 Å². The maximum Gasteiger partial charge on any atom is 0.363 e.